The van der Waals surface area contributed by atoms with E-state index >= 15 is 0 Å². The van der Waals surface area contributed by atoms with Crippen molar-refractivity contribution in [2.24, 2.45) is 0 Å². The van der Waals surface area contributed by atoms with Gasteiger partial charge in [0, 0.05) is 19.7 Å². The first-order valence-electron chi connectivity index (χ1n) is 8.79. The highest BCUT2D eigenvalue weighted by Gasteiger charge is 2.23. The Kier molecular flexibility index (Phi) is 5.82. The first kappa shape index (κ1) is 17.6. The zero-order valence-electron chi connectivity index (χ0n) is 14.6. The van der Waals surface area contributed by atoms with E-state index in [-0.39, 0.29) is 17.8 Å². The van der Waals surface area contributed by atoms with Crippen molar-refractivity contribution in [2.75, 3.05) is 13.2 Å². The summed E-state index contributed by atoms with van der Waals surface area (Å²) in [7, 11) is 0. The number of amides is 1. The van der Waals surface area contributed by atoms with Crippen molar-refractivity contribution >= 4 is 5.91 Å². The van der Waals surface area contributed by atoms with E-state index in [9.17, 15) is 9.18 Å². The second kappa shape index (κ2) is 8.26. The van der Waals surface area contributed by atoms with Crippen molar-refractivity contribution in [3.63, 3.8) is 0 Å². The summed E-state index contributed by atoms with van der Waals surface area (Å²) in [6, 6.07) is 14.4. The van der Waals surface area contributed by atoms with E-state index in [0.29, 0.717) is 19.5 Å². The molecule has 1 saturated heterocycles. The number of ether oxygens (including phenoxy) is 1. The van der Waals surface area contributed by atoms with E-state index in [1.54, 1.807) is 11.0 Å². The normalized spacial score (nSPS) is 16.8. The molecule has 1 unspecified atom stereocenters. The van der Waals surface area contributed by atoms with E-state index in [0.717, 1.165) is 36.1 Å². The summed E-state index contributed by atoms with van der Waals surface area (Å²) in [6.45, 7) is 3.73. The van der Waals surface area contributed by atoms with Gasteiger partial charge in [0.1, 0.15) is 5.82 Å². The van der Waals surface area contributed by atoms with E-state index in [2.05, 4.69) is 0 Å². The second-order valence-corrected chi connectivity index (χ2v) is 6.71. The molecule has 2 aromatic rings. The third-order valence-corrected chi connectivity index (χ3v) is 4.50. The van der Waals surface area contributed by atoms with Crippen molar-refractivity contribution in [3.8, 4) is 0 Å². The maximum Gasteiger partial charge on any atom is 0.227 e. The van der Waals surface area contributed by atoms with Crippen LogP contribution >= 0.6 is 0 Å². The predicted octanol–water partition coefficient (Wildman–Crippen LogP) is 3.88. The molecule has 0 aliphatic carbocycles. The van der Waals surface area contributed by atoms with Gasteiger partial charge in [0.05, 0.1) is 12.5 Å². The van der Waals surface area contributed by atoms with Crippen molar-refractivity contribution in [1.82, 2.24) is 4.90 Å². The molecular formula is C21H24FNO2. The number of nitrogens with zero attached hydrogens (tertiary/aromatic N) is 1. The zero-order chi connectivity index (χ0) is 17.6. The van der Waals surface area contributed by atoms with Crippen LogP contribution < -0.4 is 0 Å². The lowest BCUT2D eigenvalue weighted by Crippen LogP contribution is -2.37. The van der Waals surface area contributed by atoms with Crippen LogP contribution in [-0.2, 0) is 22.5 Å². The Balaban J connectivity index is 1.73. The first-order chi connectivity index (χ1) is 12.1. The lowest BCUT2D eigenvalue weighted by Gasteiger charge is -2.26. The number of hydrogen-bond donors (Lipinski definition) is 0. The molecule has 3 nitrogen and oxygen atoms in total. The largest absolute Gasteiger partial charge is 0.376 e. The van der Waals surface area contributed by atoms with Crippen LogP contribution in [0.2, 0.25) is 0 Å². The third kappa shape index (κ3) is 5.13. The standard InChI is InChI=1S/C21H24FNO2/c1-16-5-2-6-17(11-16)13-21(24)23(15-20-9-4-10-25-20)14-18-7-3-8-19(22)12-18/h2-3,5-8,11-12,20H,4,9-10,13-15H2,1H3. The van der Waals surface area contributed by atoms with Gasteiger partial charge in [-0.2, -0.15) is 0 Å². The Morgan fingerprint density at radius 3 is 2.72 bits per heavy atom. The Morgan fingerprint density at radius 2 is 2.00 bits per heavy atom. The quantitative estimate of drug-likeness (QED) is 0.798. The van der Waals surface area contributed by atoms with Gasteiger partial charge in [-0.3, -0.25) is 4.79 Å². The van der Waals surface area contributed by atoms with Crippen LogP contribution in [0.5, 0.6) is 0 Å². The van der Waals surface area contributed by atoms with Crippen LogP contribution in [0.3, 0.4) is 0 Å². The lowest BCUT2D eigenvalue weighted by atomic mass is 10.1. The summed E-state index contributed by atoms with van der Waals surface area (Å²) in [5.41, 5.74) is 2.94. The van der Waals surface area contributed by atoms with Crippen LogP contribution in [0.1, 0.15) is 29.5 Å². The number of carbonyl (C=O) groups is 1. The van der Waals surface area contributed by atoms with Crippen molar-refractivity contribution in [3.05, 3.63) is 71.0 Å². The molecule has 0 N–H and O–H groups in total. The van der Waals surface area contributed by atoms with Crippen molar-refractivity contribution in [2.45, 2.75) is 38.8 Å². The van der Waals surface area contributed by atoms with Gasteiger partial charge in [-0.1, -0.05) is 42.0 Å². The molecular weight excluding hydrogens is 317 g/mol. The fraction of sp³-hybridized carbons (Fsp3) is 0.381. The molecule has 1 heterocycles. The van der Waals surface area contributed by atoms with Crippen molar-refractivity contribution < 1.29 is 13.9 Å². The van der Waals surface area contributed by atoms with Gasteiger partial charge in [0.25, 0.3) is 0 Å². The summed E-state index contributed by atoms with van der Waals surface area (Å²) < 4.78 is 19.2. The zero-order valence-corrected chi connectivity index (χ0v) is 14.6. The Labute approximate surface area is 148 Å². The molecule has 1 amide bonds. The molecule has 0 bridgehead atoms. The lowest BCUT2D eigenvalue weighted by molar-refractivity contribution is -0.132. The fourth-order valence-corrected chi connectivity index (χ4v) is 3.25. The molecule has 1 fully saturated rings. The highest BCUT2D eigenvalue weighted by Crippen LogP contribution is 2.17. The Bertz CT molecular complexity index is 725. The van der Waals surface area contributed by atoms with Crippen LogP contribution in [-0.4, -0.2) is 30.1 Å². The molecule has 2 aromatic carbocycles. The highest BCUT2D eigenvalue weighted by atomic mass is 19.1. The number of aryl methyl sites for hydroxylation is 1. The van der Waals surface area contributed by atoms with Gasteiger partial charge >= 0.3 is 0 Å². The average Bonchev–Trinajstić information content (AvgIpc) is 3.07. The molecule has 3 rings (SSSR count). The molecule has 0 aromatic heterocycles. The summed E-state index contributed by atoms with van der Waals surface area (Å²) in [5, 5.41) is 0. The Morgan fingerprint density at radius 1 is 1.20 bits per heavy atom. The molecule has 1 atom stereocenters. The van der Waals surface area contributed by atoms with Gasteiger partial charge in [-0.15, -0.1) is 0 Å². The summed E-state index contributed by atoms with van der Waals surface area (Å²) >= 11 is 0. The molecule has 25 heavy (non-hydrogen) atoms. The van der Waals surface area contributed by atoms with Crippen LogP contribution in [0, 0.1) is 12.7 Å². The molecule has 1 aliphatic heterocycles. The minimum atomic E-state index is -0.277. The number of halogens is 1. The van der Waals surface area contributed by atoms with Crippen LogP contribution in [0.25, 0.3) is 0 Å². The minimum Gasteiger partial charge on any atom is -0.376 e. The summed E-state index contributed by atoms with van der Waals surface area (Å²) in [5.74, 6) is -0.230. The third-order valence-electron chi connectivity index (χ3n) is 4.50. The topological polar surface area (TPSA) is 29.5 Å². The molecule has 1 aliphatic rings. The van der Waals surface area contributed by atoms with Gasteiger partial charge in [0.15, 0.2) is 0 Å². The van der Waals surface area contributed by atoms with E-state index < -0.39 is 0 Å². The van der Waals surface area contributed by atoms with E-state index in [4.69, 9.17) is 4.74 Å². The Hall–Kier alpha value is -2.20. The van der Waals surface area contributed by atoms with Gasteiger partial charge < -0.3 is 9.64 Å². The molecule has 4 heteroatoms. The minimum absolute atomic E-state index is 0.0466. The number of benzene rings is 2. The van der Waals surface area contributed by atoms with Gasteiger partial charge in [-0.25, -0.2) is 4.39 Å². The predicted molar refractivity (Wildman–Crippen MR) is 95.7 cm³/mol. The van der Waals surface area contributed by atoms with Gasteiger partial charge in [0.2, 0.25) is 5.91 Å². The fourth-order valence-electron chi connectivity index (χ4n) is 3.25. The molecule has 0 radical (unpaired) electrons. The average molecular weight is 341 g/mol. The number of carbonyl (C=O) groups excluding carboxylic acids is 1. The van der Waals surface area contributed by atoms with Crippen molar-refractivity contribution in [1.29, 1.82) is 0 Å². The van der Waals surface area contributed by atoms with E-state index in [1.165, 1.54) is 12.1 Å². The monoisotopic (exact) mass is 341 g/mol. The summed E-state index contributed by atoms with van der Waals surface area (Å²) in [6.07, 6.45) is 2.43. The number of rotatable bonds is 6. The van der Waals surface area contributed by atoms with Crippen LogP contribution in [0.15, 0.2) is 48.5 Å². The molecule has 132 valence electrons. The first-order valence-corrected chi connectivity index (χ1v) is 8.79. The number of hydrogen-bond acceptors (Lipinski definition) is 2. The maximum atomic E-state index is 13.5. The smallest absolute Gasteiger partial charge is 0.227 e. The van der Waals surface area contributed by atoms with Crippen LogP contribution in [0.4, 0.5) is 4.39 Å². The maximum absolute atomic E-state index is 13.5. The van der Waals surface area contributed by atoms with Gasteiger partial charge in [-0.05, 0) is 43.0 Å². The van der Waals surface area contributed by atoms with E-state index in [1.807, 2.05) is 37.3 Å². The highest BCUT2D eigenvalue weighted by molar-refractivity contribution is 5.78. The summed E-state index contributed by atoms with van der Waals surface area (Å²) in [4.78, 5) is 14.7. The SMILES string of the molecule is Cc1cccc(CC(=O)N(Cc2cccc(F)c2)CC2CCCO2)c1. The molecule has 0 spiro atoms. The molecule has 0 saturated carbocycles. The second-order valence-electron chi connectivity index (χ2n) is 6.71.